The van der Waals surface area contributed by atoms with Gasteiger partial charge in [-0.15, -0.1) is 0 Å². The molecule has 7 nitrogen and oxygen atoms in total. The van der Waals surface area contributed by atoms with E-state index < -0.39 is 18.0 Å². The van der Waals surface area contributed by atoms with Crippen LogP contribution in [0.1, 0.15) is 18.7 Å². The van der Waals surface area contributed by atoms with Gasteiger partial charge in [0.05, 0.1) is 35.0 Å². The number of hydrogen-bond donors (Lipinski definition) is 2. The summed E-state index contributed by atoms with van der Waals surface area (Å²) in [5.41, 5.74) is 1.18. The number of carbonyl (C=O) groups excluding carboxylic acids is 1. The quantitative estimate of drug-likeness (QED) is 0.692. The summed E-state index contributed by atoms with van der Waals surface area (Å²) in [7, 11) is 0. The van der Waals surface area contributed by atoms with Crippen molar-refractivity contribution >= 4 is 40.1 Å². The van der Waals surface area contributed by atoms with E-state index in [2.05, 4.69) is 15.3 Å². The van der Waals surface area contributed by atoms with Crippen LogP contribution in [0.5, 0.6) is 0 Å². The molecule has 144 valence electrons. The number of cyclic esters (lactones) is 1. The number of carbonyl (C=O) groups is 1. The number of halogens is 2. The summed E-state index contributed by atoms with van der Waals surface area (Å²) < 4.78 is 19.8. The van der Waals surface area contributed by atoms with Crippen molar-refractivity contribution in [2.45, 2.75) is 13.0 Å². The molecule has 4 rings (SSSR count). The van der Waals surface area contributed by atoms with Crippen molar-refractivity contribution in [2.75, 3.05) is 23.4 Å². The molecule has 9 heteroatoms. The summed E-state index contributed by atoms with van der Waals surface area (Å²) >= 11 is 5.99. The Hall–Kier alpha value is -3.13. The van der Waals surface area contributed by atoms with Gasteiger partial charge in [-0.25, -0.2) is 14.2 Å². The van der Waals surface area contributed by atoms with E-state index in [1.165, 1.54) is 17.0 Å². The topological polar surface area (TPSA) is 87.3 Å². The van der Waals surface area contributed by atoms with Crippen LogP contribution in [-0.4, -0.2) is 29.2 Å². The number of amides is 1. The number of benzene rings is 2. The maximum Gasteiger partial charge on any atom is 0.414 e. The van der Waals surface area contributed by atoms with Crippen LogP contribution in [0, 0.1) is 5.82 Å². The Morgan fingerprint density at radius 2 is 2.14 bits per heavy atom. The van der Waals surface area contributed by atoms with E-state index in [0.29, 0.717) is 16.1 Å². The Morgan fingerprint density at radius 3 is 2.89 bits per heavy atom. The molecule has 0 unspecified atom stereocenters. The molecule has 1 fully saturated rings. The average Bonchev–Trinajstić information content (AvgIpc) is 3.09. The number of nitrogens with one attached hydrogen (secondary N) is 2. The molecule has 2 heterocycles. The third-order valence-electron chi connectivity index (χ3n) is 4.49. The van der Waals surface area contributed by atoms with Gasteiger partial charge < -0.3 is 15.0 Å². The number of aromatic amines is 1. The maximum absolute atomic E-state index is 14.9. The van der Waals surface area contributed by atoms with Crippen molar-refractivity contribution in [2.24, 2.45) is 0 Å². The van der Waals surface area contributed by atoms with E-state index in [1.807, 2.05) is 0 Å². The van der Waals surface area contributed by atoms with Crippen molar-refractivity contribution < 1.29 is 13.9 Å². The third kappa shape index (κ3) is 3.27. The van der Waals surface area contributed by atoms with Crippen molar-refractivity contribution in [1.82, 2.24) is 9.97 Å². The zero-order chi connectivity index (χ0) is 19.8. The molecule has 2 aromatic carbocycles. The van der Waals surface area contributed by atoms with Crippen LogP contribution in [-0.2, 0) is 4.74 Å². The molecule has 1 atom stereocenters. The molecule has 0 bridgehead atoms. The number of anilines is 2. The minimum absolute atomic E-state index is 0.117. The standard InChI is InChI=1S/C19H16ClFN4O3/c1-10(17-18(26)24-12-6-5-11(20)9-14(12)23-17)22-13-3-2-4-15(16(13)21)25-7-8-28-19(25)27/h2-6,9-10,22H,7-8H2,1H3,(H,24,26)/t10-/m0/s1. The molecular weight excluding hydrogens is 387 g/mol. The van der Waals surface area contributed by atoms with Gasteiger partial charge in [0.2, 0.25) is 0 Å². The lowest BCUT2D eigenvalue weighted by atomic mass is 10.2. The number of nitrogens with zero attached hydrogens (tertiary/aromatic N) is 2. The SMILES string of the molecule is C[C@H](Nc1cccc(N2CCOC2=O)c1F)c1nc2cc(Cl)ccc2[nH]c1=O. The lowest BCUT2D eigenvalue weighted by molar-refractivity contribution is 0.181. The van der Waals surface area contributed by atoms with Gasteiger partial charge in [0.1, 0.15) is 12.3 Å². The van der Waals surface area contributed by atoms with E-state index in [9.17, 15) is 14.0 Å². The van der Waals surface area contributed by atoms with Crippen LogP contribution in [0.3, 0.4) is 0 Å². The first kappa shape index (κ1) is 18.2. The Balaban J connectivity index is 1.66. The molecule has 1 saturated heterocycles. The summed E-state index contributed by atoms with van der Waals surface area (Å²) in [6.45, 7) is 2.19. The lowest BCUT2D eigenvalue weighted by Crippen LogP contribution is -2.25. The van der Waals surface area contributed by atoms with Gasteiger partial charge in [-0.3, -0.25) is 9.69 Å². The monoisotopic (exact) mass is 402 g/mol. The van der Waals surface area contributed by atoms with E-state index in [0.717, 1.165) is 0 Å². The lowest BCUT2D eigenvalue weighted by Gasteiger charge is -2.19. The highest BCUT2D eigenvalue weighted by Gasteiger charge is 2.27. The average molecular weight is 403 g/mol. The summed E-state index contributed by atoms with van der Waals surface area (Å²) in [5.74, 6) is -0.603. The Labute approximate surface area is 164 Å². The second-order valence-electron chi connectivity index (χ2n) is 6.38. The molecule has 3 aromatic rings. The number of aromatic nitrogens is 2. The van der Waals surface area contributed by atoms with Crippen molar-refractivity contribution in [1.29, 1.82) is 0 Å². The molecule has 1 aliphatic rings. The molecule has 0 radical (unpaired) electrons. The number of hydrogen-bond acceptors (Lipinski definition) is 5. The number of rotatable bonds is 4. The number of H-pyrrole nitrogens is 1. The van der Waals surface area contributed by atoms with Crippen molar-refractivity contribution in [3.63, 3.8) is 0 Å². The van der Waals surface area contributed by atoms with Gasteiger partial charge in [-0.05, 0) is 37.3 Å². The van der Waals surface area contributed by atoms with E-state index in [4.69, 9.17) is 16.3 Å². The van der Waals surface area contributed by atoms with Crippen LogP contribution in [0.2, 0.25) is 5.02 Å². The van der Waals surface area contributed by atoms with Crippen LogP contribution in [0.25, 0.3) is 11.0 Å². The second kappa shape index (κ2) is 7.12. The number of ether oxygens (including phenoxy) is 1. The highest BCUT2D eigenvalue weighted by atomic mass is 35.5. The molecule has 1 amide bonds. The van der Waals surface area contributed by atoms with Gasteiger partial charge in [-0.2, -0.15) is 0 Å². The predicted octanol–water partition coefficient (Wildman–Crippen LogP) is 3.85. The molecule has 0 aliphatic carbocycles. The van der Waals surface area contributed by atoms with E-state index in [-0.39, 0.29) is 35.8 Å². The predicted molar refractivity (Wildman–Crippen MR) is 105 cm³/mol. The highest BCUT2D eigenvalue weighted by molar-refractivity contribution is 6.31. The fourth-order valence-electron chi connectivity index (χ4n) is 3.12. The first-order valence-corrected chi connectivity index (χ1v) is 9.00. The first-order chi connectivity index (χ1) is 13.4. The largest absolute Gasteiger partial charge is 0.447 e. The van der Waals surface area contributed by atoms with Gasteiger partial charge in [0.25, 0.3) is 5.56 Å². The van der Waals surface area contributed by atoms with Gasteiger partial charge in [0, 0.05) is 5.02 Å². The van der Waals surface area contributed by atoms with Gasteiger partial charge in [0.15, 0.2) is 5.82 Å². The van der Waals surface area contributed by atoms with Gasteiger partial charge in [-0.1, -0.05) is 17.7 Å². The first-order valence-electron chi connectivity index (χ1n) is 8.63. The summed E-state index contributed by atoms with van der Waals surface area (Å²) in [5, 5.41) is 3.45. The summed E-state index contributed by atoms with van der Waals surface area (Å²) in [6, 6.07) is 9.03. The zero-order valence-electron chi connectivity index (χ0n) is 14.8. The minimum Gasteiger partial charge on any atom is -0.447 e. The fraction of sp³-hybridized carbons (Fsp3) is 0.211. The normalized spacial score (nSPS) is 15.0. The molecular formula is C19H16ClFN4O3. The molecule has 0 spiro atoms. The van der Waals surface area contributed by atoms with Crippen LogP contribution < -0.4 is 15.8 Å². The van der Waals surface area contributed by atoms with Crippen molar-refractivity contribution in [3.05, 3.63) is 63.3 Å². The molecule has 2 N–H and O–H groups in total. The fourth-order valence-corrected chi connectivity index (χ4v) is 3.28. The minimum atomic E-state index is -0.603. The molecule has 0 saturated carbocycles. The molecule has 28 heavy (non-hydrogen) atoms. The summed E-state index contributed by atoms with van der Waals surface area (Å²) in [6.07, 6.45) is -0.589. The van der Waals surface area contributed by atoms with E-state index in [1.54, 1.807) is 31.2 Å². The van der Waals surface area contributed by atoms with Gasteiger partial charge >= 0.3 is 6.09 Å². The van der Waals surface area contributed by atoms with E-state index >= 15 is 0 Å². The second-order valence-corrected chi connectivity index (χ2v) is 6.82. The Morgan fingerprint density at radius 1 is 1.32 bits per heavy atom. The highest BCUT2D eigenvalue weighted by Crippen LogP contribution is 2.29. The molecule has 1 aromatic heterocycles. The molecule has 1 aliphatic heterocycles. The van der Waals surface area contributed by atoms with Crippen molar-refractivity contribution in [3.8, 4) is 0 Å². The smallest absolute Gasteiger partial charge is 0.414 e. The maximum atomic E-state index is 14.9. The number of fused-ring (bicyclic) bond motifs is 1. The van der Waals surface area contributed by atoms with Crippen LogP contribution in [0.4, 0.5) is 20.6 Å². The Bertz CT molecular complexity index is 1130. The van der Waals surface area contributed by atoms with Crippen LogP contribution in [0.15, 0.2) is 41.2 Å². The Kier molecular flexibility index (Phi) is 4.64. The van der Waals surface area contributed by atoms with Crippen LogP contribution >= 0.6 is 11.6 Å². The summed E-state index contributed by atoms with van der Waals surface area (Å²) in [4.78, 5) is 32.5. The third-order valence-corrected chi connectivity index (χ3v) is 4.73. The zero-order valence-corrected chi connectivity index (χ0v) is 15.6.